The van der Waals surface area contributed by atoms with E-state index in [0.717, 1.165) is 33.9 Å². The number of nitriles is 1. The van der Waals surface area contributed by atoms with Gasteiger partial charge in [-0.15, -0.1) is 5.11 Å². The Morgan fingerprint density at radius 2 is 1.56 bits per heavy atom. The molecule has 1 fully saturated rings. The predicted octanol–water partition coefficient (Wildman–Crippen LogP) is 10.8. The molecule has 62 heavy (non-hydrogen) atoms. The molecule has 1 saturated heterocycles. The Balaban J connectivity index is 1.20. The average molecular weight is 881 g/mol. The van der Waals surface area contributed by atoms with Gasteiger partial charge in [0.2, 0.25) is 0 Å². The molecule has 0 saturated carbocycles. The van der Waals surface area contributed by atoms with Crippen LogP contribution in [-0.2, 0) is 24.1 Å². The van der Waals surface area contributed by atoms with Crippen molar-refractivity contribution in [2.24, 2.45) is 10.2 Å². The highest BCUT2D eigenvalue weighted by atomic mass is 35.5. The lowest BCUT2D eigenvalue weighted by molar-refractivity contribution is -0.384. The number of rotatable bonds is 22. The van der Waals surface area contributed by atoms with Crippen LogP contribution >= 0.6 is 20.0 Å². The van der Waals surface area contributed by atoms with Crippen LogP contribution in [0.25, 0.3) is 0 Å². The van der Waals surface area contributed by atoms with Gasteiger partial charge in [-0.1, -0.05) is 66.2 Å². The lowest BCUT2D eigenvalue weighted by Gasteiger charge is -2.38. The van der Waals surface area contributed by atoms with Crippen LogP contribution in [0.2, 0.25) is 5.02 Å². The Labute approximate surface area is 368 Å². The SMILES string of the molecule is CCN(COCN1C[C@H](OP(C)OCCC#N)CC1COC(c1ccccc1)(c1ccc(OC)cc1)c1ccc(OC)cc1)c1ccc(N=Nc2ccc([N+](=O)[O-])cc2Cl)cc1. The first kappa shape index (κ1) is 46.0. The number of hydrogen-bond acceptors (Lipinski definition) is 13. The van der Waals surface area contributed by atoms with Crippen LogP contribution in [0.15, 0.2) is 132 Å². The third kappa shape index (κ3) is 11.7. The van der Waals surface area contributed by atoms with Crippen LogP contribution in [0.4, 0.5) is 22.7 Å². The summed E-state index contributed by atoms with van der Waals surface area (Å²) in [5.41, 5.74) is 3.58. The van der Waals surface area contributed by atoms with Crippen molar-refractivity contribution >= 4 is 42.7 Å². The van der Waals surface area contributed by atoms with E-state index in [4.69, 9.17) is 44.9 Å². The van der Waals surface area contributed by atoms with E-state index in [9.17, 15) is 10.1 Å². The molecule has 2 unspecified atom stereocenters. The molecule has 0 spiro atoms. The normalized spacial score (nSPS) is 15.9. The number of benzene rings is 5. The summed E-state index contributed by atoms with van der Waals surface area (Å²) in [6.07, 6.45) is 0.822. The fraction of sp³-hybridized carbons (Fsp3) is 0.326. The molecular weight excluding hydrogens is 831 g/mol. The molecule has 3 atom stereocenters. The number of nitro benzene ring substituents is 1. The van der Waals surface area contributed by atoms with Gasteiger partial charge in [-0.25, -0.2) is 0 Å². The number of hydrogen-bond donors (Lipinski definition) is 0. The molecule has 1 heterocycles. The Bertz CT molecular complexity index is 2220. The van der Waals surface area contributed by atoms with Crippen LogP contribution in [-0.4, -0.2) is 82.6 Å². The summed E-state index contributed by atoms with van der Waals surface area (Å²) in [4.78, 5) is 14.9. The second-order valence-electron chi connectivity index (χ2n) is 14.3. The van der Waals surface area contributed by atoms with Gasteiger partial charge in [0.1, 0.15) is 36.2 Å². The van der Waals surface area contributed by atoms with Crippen LogP contribution in [0.1, 0.15) is 36.5 Å². The summed E-state index contributed by atoms with van der Waals surface area (Å²) in [5, 5.41) is 28.7. The molecule has 6 rings (SSSR count). The van der Waals surface area contributed by atoms with Crippen molar-refractivity contribution in [1.82, 2.24) is 4.90 Å². The zero-order valence-electron chi connectivity index (χ0n) is 35.1. The fourth-order valence-corrected chi connectivity index (χ4v) is 8.44. The van der Waals surface area contributed by atoms with Crippen molar-refractivity contribution in [2.45, 2.75) is 37.5 Å². The Morgan fingerprint density at radius 3 is 2.15 bits per heavy atom. The molecule has 324 valence electrons. The molecule has 0 radical (unpaired) electrons. The molecule has 14 nitrogen and oxygen atoms in total. The van der Waals surface area contributed by atoms with E-state index in [1.807, 2.05) is 97.7 Å². The van der Waals surface area contributed by atoms with E-state index in [1.165, 1.54) is 18.2 Å². The molecule has 5 aromatic rings. The molecule has 5 aromatic carbocycles. The fourth-order valence-electron chi connectivity index (χ4n) is 7.25. The number of methoxy groups -OCH3 is 2. The predicted molar refractivity (Wildman–Crippen MR) is 240 cm³/mol. The quantitative estimate of drug-likeness (QED) is 0.0124. The van der Waals surface area contributed by atoms with E-state index in [1.54, 1.807) is 14.2 Å². The molecule has 0 aliphatic carbocycles. The highest BCUT2D eigenvalue weighted by molar-refractivity contribution is 7.46. The van der Waals surface area contributed by atoms with Crippen molar-refractivity contribution in [3.8, 4) is 17.6 Å². The number of azo groups is 1. The van der Waals surface area contributed by atoms with Crippen molar-refractivity contribution < 1.29 is 32.9 Å². The summed E-state index contributed by atoms with van der Waals surface area (Å²) < 4.78 is 37.1. The first-order chi connectivity index (χ1) is 30.2. The lowest BCUT2D eigenvalue weighted by Crippen LogP contribution is -2.41. The Kier molecular flexibility index (Phi) is 16.7. The molecular formula is C46H50ClN6O8P. The summed E-state index contributed by atoms with van der Waals surface area (Å²) in [5.74, 6) is 1.48. The van der Waals surface area contributed by atoms with Gasteiger partial charge in [0.25, 0.3) is 5.69 Å². The largest absolute Gasteiger partial charge is 0.497 e. The van der Waals surface area contributed by atoms with E-state index >= 15 is 0 Å². The minimum absolute atomic E-state index is 0.0916. The number of nitrogens with zero attached hydrogens (tertiary/aromatic N) is 6. The van der Waals surface area contributed by atoms with Crippen molar-refractivity contribution in [2.75, 3.05) is 65.5 Å². The zero-order chi connectivity index (χ0) is 43.9. The van der Waals surface area contributed by atoms with Gasteiger partial charge in [0, 0.05) is 43.6 Å². The van der Waals surface area contributed by atoms with Gasteiger partial charge in [0.05, 0.1) is 61.7 Å². The van der Waals surface area contributed by atoms with E-state index < -0.39 is 18.9 Å². The topological polar surface area (TPSA) is 154 Å². The maximum absolute atomic E-state index is 11.1. The van der Waals surface area contributed by atoms with Crippen LogP contribution < -0.4 is 14.4 Å². The monoisotopic (exact) mass is 880 g/mol. The first-order valence-electron chi connectivity index (χ1n) is 20.1. The van der Waals surface area contributed by atoms with E-state index in [-0.39, 0.29) is 22.9 Å². The van der Waals surface area contributed by atoms with Crippen molar-refractivity contribution in [3.05, 3.63) is 153 Å². The summed E-state index contributed by atoms with van der Waals surface area (Å²) in [7, 11) is 2.10. The number of likely N-dealkylation sites (tertiary alicyclic amines) is 1. The number of nitro groups is 1. The third-order valence-corrected chi connectivity index (χ3v) is 11.9. The summed E-state index contributed by atoms with van der Waals surface area (Å²) >= 11 is 6.20. The molecule has 0 bridgehead atoms. The van der Waals surface area contributed by atoms with E-state index in [2.05, 4.69) is 45.2 Å². The average Bonchev–Trinajstić information content (AvgIpc) is 3.69. The Morgan fingerprint density at radius 1 is 0.919 bits per heavy atom. The minimum atomic E-state index is -1.21. The molecule has 0 aromatic heterocycles. The molecule has 16 heteroatoms. The lowest BCUT2D eigenvalue weighted by atomic mass is 9.80. The number of ether oxygens (including phenoxy) is 4. The third-order valence-electron chi connectivity index (χ3n) is 10.5. The number of anilines is 1. The number of non-ortho nitro benzene ring substituents is 1. The van der Waals surface area contributed by atoms with Crippen LogP contribution in [0, 0.1) is 21.4 Å². The number of halogens is 1. The van der Waals surface area contributed by atoms with Crippen molar-refractivity contribution in [1.29, 1.82) is 5.26 Å². The minimum Gasteiger partial charge on any atom is -0.497 e. The Hall–Kier alpha value is -5.49. The molecule has 1 aliphatic rings. The second-order valence-corrected chi connectivity index (χ2v) is 16.1. The van der Waals surface area contributed by atoms with Gasteiger partial charge in [0.15, 0.2) is 8.38 Å². The first-order valence-corrected chi connectivity index (χ1v) is 22.1. The van der Waals surface area contributed by atoms with E-state index in [0.29, 0.717) is 64.0 Å². The molecule has 0 amide bonds. The summed E-state index contributed by atoms with van der Waals surface area (Å²) in [6.45, 7) is 6.53. The standard InChI is InChI=1S/C46H50ClN6O8P/c1-5-51(38-18-16-37(17-19-38)49-50-45-25-20-39(53(54)55)29-44(45)47)32-58-33-52-30-43(61-62(4)60-27-9-26-48)28-40(52)31-59-46(34-10-7-6-8-11-34,35-12-21-41(56-2)22-13-35)36-14-23-42(57-3)24-15-36/h6-8,10-25,29,40,43H,5,9,27-28,30-33H2,1-4H3/t40?,43-,62?/m1/s1. The highest BCUT2D eigenvalue weighted by Crippen LogP contribution is 2.43. The summed E-state index contributed by atoms with van der Waals surface area (Å²) in [6, 6.07) is 39.8. The molecule has 1 aliphatic heterocycles. The van der Waals surface area contributed by atoms with Gasteiger partial charge in [-0.05, 0) is 84.6 Å². The van der Waals surface area contributed by atoms with Crippen LogP contribution in [0.3, 0.4) is 0 Å². The zero-order valence-corrected chi connectivity index (χ0v) is 36.8. The van der Waals surface area contributed by atoms with Gasteiger partial charge < -0.3 is 32.9 Å². The second kappa shape index (κ2) is 22.6. The van der Waals surface area contributed by atoms with Gasteiger partial charge in [-0.3, -0.25) is 15.0 Å². The molecule has 0 N–H and O–H groups in total. The van der Waals surface area contributed by atoms with Crippen molar-refractivity contribution in [3.63, 3.8) is 0 Å². The van der Waals surface area contributed by atoms with Gasteiger partial charge in [-0.2, -0.15) is 10.4 Å². The van der Waals surface area contributed by atoms with Crippen LogP contribution in [0.5, 0.6) is 11.5 Å². The maximum Gasteiger partial charge on any atom is 0.271 e. The highest BCUT2D eigenvalue weighted by Gasteiger charge is 2.41. The van der Waals surface area contributed by atoms with Gasteiger partial charge >= 0.3 is 0 Å². The maximum atomic E-state index is 11.1. The smallest absolute Gasteiger partial charge is 0.271 e.